The summed E-state index contributed by atoms with van der Waals surface area (Å²) in [5, 5.41) is 8.84. The van der Waals surface area contributed by atoms with Gasteiger partial charge in [-0.2, -0.15) is 0 Å². The summed E-state index contributed by atoms with van der Waals surface area (Å²) in [4.78, 5) is 24.9. The van der Waals surface area contributed by atoms with Gasteiger partial charge in [-0.15, -0.1) is 5.10 Å². The first-order valence-electron chi connectivity index (χ1n) is 6.66. The van der Waals surface area contributed by atoms with Crippen LogP contribution in [0.2, 0.25) is 10.0 Å². The van der Waals surface area contributed by atoms with Gasteiger partial charge in [-0.3, -0.25) is 14.5 Å². The van der Waals surface area contributed by atoms with Gasteiger partial charge in [0.05, 0.1) is 28.5 Å². The van der Waals surface area contributed by atoms with Crippen LogP contribution in [0.3, 0.4) is 0 Å². The van der Waals surface area contributed by atoms with Gasteiger partial charge < -0.3 is 0 Å². The van der Waals surface area contributed by atoms with Crippen molar-refractivity contribution in [2.24, 2.45) is 5.92 Å². The van der Waals surface area contributed by atoms with E-state index in [-0.39, 0.29) is 30.7 Å². The maximum Gasteiger partial charge on any atom is 0.232 e. The predicted molar refractivity (Wildman–Crippen MR) is 80.7 cm³/mol. The van der Waals surface area contributed by atoms with Crippen LogP contribution in [0, 0.1) is 5.92 Å². The third kappa shape index (κ3) is 2.71. The lowest BCUT2D eigenvalue weighted by molar-refractivity contribution is -0.139. The van der Waals surface area contributed by atoms with Crippen molar-refractivity contribution in [1.29, 1.82) is 0 Å². The monoisotopic (exact) mass is 338 g/mol. The summed E-state index contributed by atoms with van der Waals surface area (Å²) in [7, 11) is 0. The van der Waals surface area contributed by atoms with Crippen molar-refractivity contribution in [3.05, 3.63) is 40.1 Å². The summed E-state index contributed by atoms with van der Waals surface area (Å²) in [5.41, 5.74) is 1.22. The van der Waals surface area contributed by atoms with Crippen LogP contribution in [0.15, 0.2) is 24.4 Å². The fraction of sp³-hybridized carbons (Fsp3) is 0.286. The number of carbonyl (C=O) groups is 2. The molecule has 0 saturated carbocycles. The summed E-state index contributed by atoms with van der Waals surface area (Å²) in [5.74, 6) is -0.617. The number of halogens is 2. The van der Waals surface area contributed by atoms with Crippen molar-refractivity contribution in [2.75, 3.05) is 0 Å². The highest BCUT2D eigenvalue weighted by molar-refractivity contribution is 6.42. The van der Waals surface area contributed by atoms with E-state index in [9.17, 15) is 9.59 Å². The number of likely N-dealkylation sites (tertiary alicyclic amines) is 1. The van der Waals surface area contributed by atoms with Crippen molar-refractivity contribution < 1.29 is 9.59 Å². The van der Waals surface area contributed by atoms with E-state index in [0.717, 1.165) is 0 Å². The zero-order valence-electron chi connectivity index (χ0n) is 11.7. The Balaban J connectivity index is 1.81. The fourth-order valence-electron chi connectivity index (χ4n) is 2.30. The maximum absolute atomic E-state index is 11.9. The number of nitrogens with zero attached hydrogens (tertiary/aromatic N) is 4. The Kier molecular flexibility index (Phi) is 3.88. The number of aromatic nitrogens is 3. The molecule has 0 radical (unpaired) electrons. The molecule has 0 unspecified atom stereocenters. The first-order chi connectivity index (χ1) is 10.5. The molecule has 8 heteroatoms. The second-order valence-electron chi connectivity index (χ2n) is 5.18. The molecule has 1 aliphatic heterocycles. The molecule has 0 aliphatic carbocycles. The molecule has 0 bridgehead atoms. The van der Waals surface area contributed by atoms with E-state index in [0.29, 0.717) is 21.4 Å². The van der Waals surface area contributed by atoms with E-state index in [4.69, 9.17) is 23.2 Å². The molecule has 22 heavy (non-hydrogen) atoms. The summed E-state index contributed by atoms with van der Waals surface area (Å²) in [6.45, 7) is 1.87. The Bertz CT molecular complexity index is 759. The maximum atomic E-state index is 11.9. The van der Waals surface area contributed by atoms with E-state index in [1.54, 1.807) is 31.3 Å². The molecule has 0 spiro atoms. The van der Waals surface area contributed by atoms with E-state index in [1.807, 2.05) is 0 Å². The molecule has 2 heterocycles. The van der Waals surface area contributed by atoms with Crippen LogP contribution >= 0.6 is 23.2 Å². The summed E-state index contributed by atoms with van der Waals surface area (Å²) < 4.78 is 1.52. The molecule has 1 saturated heterocycles. The van der Waals surface area contributed by atoms with Crippen molar-refractivity contribution >= 4 is 35.0 Å². The molecule has 2 aromatic rings. The van der Waals surface area contributed by atoms with Crippen molar-refractivity contribution in [3.63, 3.8) is 0 Å². The topological polar surface area (TPSA) is 68.1 Å². The van der Waals surface area contributed by atoms with Crippen molar-refractivity contribution in [1.82, 2.24) is 19.9 Å². The van der Waals surface area contributed by atoms with Gasteiger partial charge in [-0.25, -0.2) is 4.68 Å². The van der Waals surface area contributed by atoms with Gasteiger partial charge in [0.25, 0.3) is 0 Å². The Morgan fingerprint density at radius 3 is 2.68 bits per heavy atom. The summed E-state index contributed by atoms with van der Waals surface area (Å²) in [6.07, 6.45) is 1.91. The average molecular weight is 339 g/mol. The van der Waals surface area contributed by atoms with Gasteiger partial charge >= 0.3 is 0 Å². The van der Waals surface area contributed by atoms with Crippen LogP contribution in [-0.2, 0) is 16.1 Å². The molecule has 1 atom stereocenters. The fourth-order valence-corrected chi connectivity index (χ4v) is 2.59. The minimum absolute atomic E-state index is 0.128. The van der Waals surface area contributed by atoms with E-state index in [1.165, 1.54) is 9.58 Å². The molecule has 2 amide bonds. The van der Waals surface area contributed by atoms with Gasteiger partial charge in [-0.1, -0.05) is 35.3 Å². The second-order valence-corrected chi connectivity index (χ2v) is 5.99. The summed E-state index contributed by atoms with van der Waals surface area (Å²) in [6, 6.07) is 5.08. The number of carbonyl (C=O) groups excluding carboxylic acids is 2. The van der Waals surface area contributed by atoms with Gasteiger partial charge in [0.2, 0.25) is 11.8 Å². The molecular formula is C14H12Cl2N4O2. The molecule has 1 aromatic heterocycles. The number of imide groups is 1. The minimum atomic E-state index is -0.266. The number of rotatable bonds is 3. The van der Waals surface area contributed by atoms with Gasteiger partial charge in [0.15, 0.2) is 0 Å². The van der Waals surface area contributed by atoms with Gasteiger partial charge in [0.1, 0.15) is 5.69 Å². The largest absolute Gasteiger partial charge is 0.276 e. The molecule has 6 nitrogen and oxygen atoms in total. The highest BCUT2D eigenvalue weighted by atomic mass is 35.5. The number of amides is 2. The van der Waals surface area contributed by atoms with E-state index < -0.39 is 0 Å². The Morgan fingerprint density at radius 2 is 2.05 bits per heavy atom. The normalized spacial score (nSPS) is 18.3. The quantitative estimate of drug-likeness (QED) is 0.806. The molecule has 1 aromatic carbocycles. The van der Waals surface area contributed by atoms with E-state index in [2.05, 4.69) is 10.3 Å². The molecular weight excluding hydrogens is 327 g/mol. The zero-order valence-corrected chi connectivity index (χ0v) is 13.2. The van der Waals surface area contributed by atoms with Crippen LogP contribution in [0.1, 0.15) is 19.0 Å². The second kappa shape index (κ2) is 5.70. The molecule has 114 valence electrons. The molecule has 1 fully saturated rings. The lowest BCUT2D eigenvalue weighted by Crippen LogP contribution is -2.29. The Morgan fingerprint density at radius 1 is 1.27 bits per heavy atom. The first-order valence-corrected chi connectivity index (χ1v) is 7.42. The van der Waals surface area contributed by atoms with E-state index >= 15 is 0 Å². The van der Waals surface area contributed by atoms with Crippen LogP contribution < -0.4 is 0 Å². The molecule has 0 N–H and O–H groups in total. The lowest BCUT2D eigenvalue weighted by Gasteiger charge is -2.11. The minimum Gasteiger partial charge on any atom is -0.276 e. The number of hydrogen-bond donors (Lipinski definition) is 0. The first kappa shape index (κ1) is 15.0. The zero-order chi connectivity index (χ0) is 15.9. The van der Waals surface area contributed by atoms with Crippen LogP contribution in [0.25, 0.3) is 5.69 Å². The van der Waals surface area contributed by atoms with Crippen LogP contribution in [0.4, 0.5) is 0 Å². The van der Waals surface area contributed by atoms with Crippen molar-refractivity contribution in [3.8, 4) is 5.69 Å². The highest BCUT2D eigenvalue weighted by Crippen LogP contribution is 2.24. The standard InChI is InChI=1S/C14H12Cl2N4O2/c1-8-4-13(21)19(14(8)22)6-9-7-20(18-17-9)10-2-3-11(15)12(16)5-10/h2-3,5,7-8H,4,6H2,1H3/t8-/m0/s1. The van der Waals surface area contributed by atoms with Crippen LogP contribution in [0.5, 0.6) is 0 Å². The Hall–Kier alpha value is -1.92. The molecule has 3 rings (SSSR count). The Labute approximate surface area is 136 Å². The smallest absolute Gasteiger partial charge is 0.232 e. The lowest BCUT2D eigenvalue weighted by atomic mass is 10.1. The van der Waals surface area contributed by atoms with Crippen molar-refractivity contribution in [2.45, 2.75) is 19.9 Å². The molecule has 1 aliphatic rings. The highest BCUT2D eigenvalue weighted by Gasteiger charge is 2.35. The third-order valence-corrected chi connectivity index (χ3v) is 4.24. The van der Waals surface area contributed by atoms with Crippen LogP contribution in [-0.4, -0.2) is 31.7 Å². The number of benzene rings is 1. The summed E-state index contributed by atoms with van der Waals surface area (Å²) >= 11 is 11.8. The van der Waals surface area contributed by atoms with Gasteiger partial charge in [-0.05, 0) is 18.2 Å². The third-order valence-electron chi connectivity index (χ3n) is 3.50. The average Bonchev–Trinajstić information content (AvgIpc) is 3.03. The SMILES string of the molecule is C[C@H]1CC(=O)N(Cc2cn(-c3ccc(Cl)c(Cl)c3)nn2)C1=O. The predicted octanol–water partition coefficient (Wildman–Crippen LogP) is 2.47. The number of hydrogen-bond acceptors (Lipinski definition) is 4. The van der Waals surface area contributed by atoms with Gasteiger partial charge in [0, 0.05) is 12.3 Å².